The average Bonchev–Trinajstić information content (AvgIpc) is 4.01. The van der Waals surface area contributed by atoms with E-state index in [-0.39, 0.29) is 0 Å². The third kappa shape index (κ3) is 5.17. The lowest BCUT2D eigenvalue weighted by atomic mass is 9.65. The van der Waals surface area contributed by atoms with E-state index in [9.17, 15) is 0 Å². The smallest absolute Gasteiger partial charge is 0.0755 e. The molecule has 2 aliphatic carbocycles. The molecule has 2 aromatic heterocycles. The molecule has 0 unspecified atom stereocenters. The van der Waals surface area contributed by atoms with Crippen LogP contribution >= 0.6 is 11.3 Å². The molecule has 306 valence electrons. The number of thiophene rings is 1. The molecule has 3 aliphatic rings. The molecule has 0 N–H and O–H groups in total. The first kappa shape index (κ1) is 36.6. The normalized spacial score (nSPS) is 14.2. The van der Waals surface area contributed by atoms with E-state index >= 15 is 0 Å². The molecule has 0 bridgehead atoms. The topological polar surface area (TPSA) is 11.4 Å². The number of nitrogens with zero attached hydrogens (tertiary/aromatic N) is 3. The summed E-state index contributed by atoms with van der Waals surface area (Å²) in [6.45, 7) is 0. The minimum atomic E-state index is -0.539. The van der Waals surface area contributed by atoms with Crippen LogP contribution in [0.15, 0.2) is 230 Å². The molecule has 0 fully saturated rings. The fourth-order valence-corrected chi connectivity index (χ4v) is 12.6. The van der Waals surface area contributed by atoms with Crippen molar-refractivity contribution >= 4 is 81.8 Å². The van der Waals surface area contributed by atoms with Gasteiger partial charge in [-0.25, -0.2) is 0 Å². The van der Waals surface area contributed by atoms with Crippen molar-refractivity contribution in [1.82, 2.24) is 4.57 Å². The van der Waals surface area contributed by atoms with Crippen molar-refractivity contribution in [3.05, 3.63) is 252 Å². The lowest BCUT2D eigenvalue weighted by Crippen LogP contribution is -2.33. The summed E-state index contributed by atoms with van der Waals surface area (Å²) in [4.78, 5) is 4.90. The molecule has 3 heterocycles. The highest BCUT2D eigenvalue weighted by Gasteiger charge is 2.51. The van der Waals surface area contributed by atoms with E-state index in [0.717, 1.165) is 29.9 Å². The minimum Gasteiger partial charge on any atom is -0.314 e. The van der Waals surface area contributed by atoms with Gasteiger partial charge in [0.25, 0.3) is 0 Å². The van der Waals surface area contributed by atoms with Gasteiger partial charge in [0, 0.05) is 65.1 Å². The Morgan fingerprint density at radius 2 is 1.00 bits per heavy atom. The molecule has 0 saturated carbocycles. The van der Waals surface area contributed by atoms with Crippen LogP contribution in [0.3, 0.4) is 0 Å². The van der Waals surface area contributed by atoms with Gasteiger partial charge in [0.15, 0.2) is 0 Å². The maximum Gasteiger partial charge on any atom is 0.0755 e. The van der Waals surface area contributed by atoms with Crippen molar-refractivity contribution in [3.8, 4) is 16.8 Å². The summed E-state index contributed by atoms with van der Waals surface area (Å²) in [7, 11) is 0. The van der Waals surface area contributed by atoms with Crippen LogP contribution in [0.5, 0.6) is 0 Å². The van der Waals surface area contributed by atoms with Gasteiger partial charge in [-0.3, -0.25) is 0 Å². The number of benzene rings is 9. The quantitative estimate of drug-likeness (QED) is 0.165. The van der Waals surface area contributed by atoms with E-state index in [0.29, 0.717) is 0 Å². The maximum absolute atomic E-state index is 2.54. The molecule has 0 radical (unpaired) electrons. The van der Waals surface area contributed by atoms with Gasteiger partial charge in [-0.05, 0) is 137 Å². The first-order valence-electron chi connectivity index (χ1n) is 22.6. The first-order valence-corrected chi connectivity index (χ1v) is 23.5. The third-order valence-corrected chi connectivity index (χ3v) is 15.3. The molecule has 4 heteroatoms. The van der Waals surface area contributed by atoms with Crippen LogP contribution in [0.2, 0.25) is 0 Å². The van der Waals surface area contributed by atoms with Gasteiger partial charge in [0.1, 0.15) is 0 Å². The minimum absolute atomic E-state index is 0.539. The summed E-state index contributed by atoms with van der Waals surface area (Å²) in [5, 5.41) is 5.10. The van der Waals surface area contributed by atoms with E-state index < -0.39 is 5.41 Å². The van der Waals surface area contributed by atoms with Gasteiger partial charge in [0.2, 0.25) is 0 Å². The molecule has 1 spiro atoms. The summed E-state index contributed by atoms with van der Waals surface area (Å²) in [5.74, 6) is 0. The zero-order chi connectivity index (χ0) is 42.6. The average molecular weight is 848 g/mol. The van der Waals surface area contributed by atoms with Gasteiger partial charge < -0.3 is 14.4 Å². The SMILES string of the molecule is C1=CCCC(N(c2ccccc2)c2ccc3sc4ccc(N(c5ccccc5)c5ccc6c(c5)C5(c7ccccc7-c7ccccc75)c5cccc7c8ccccc8n-6c57)cc4c3c2)=C1. The number of hydrogen-bond acceptors (Lipinski definition) is 3. The number of hydrogen-bond donors (Lipinski definition) is 0. The predicted molar refractivity (Wildman–Crippen MR) is 274 cm³/mol. The van der Waals surface area contributed by atoms with Crippen LogP contribution in [-0.2, 0) is 5.41 Å². The Morgan fingerprint density at radius 1 is 0.431 bits per heavy atom. The summed E-state index contributed by atoms with van der Waals surface area (Å²) in [5.41, 5.74) is 18.1. The van der Waals surface area contributed by atoms with E-state index in [4.69, 9.17) is 0 Å². The fraction of sp³-hybridized carbons (Fsp3) is 0.0492. The van der Waals surface area contributed by atoms with E-state index in [2.05, 4.69) is 239 Å². The van der Waals surface area contributed by atoms with Crippen molar-refractivity contribution in [2.45, 2.75) is 18.3 Å². The van der Waals surface area contributed by atoms with Crippen molar-refractivity contribution in [3.63, 3.8) is 0 Å². The summed E-state index contributed by atoms with van der Waals surface area (Å²) >= 11 is 1.87. The molecular weight excluding hydrogens is 807 g/mol. The summed E-state index contributed by atoms with van der Waals surface area (Å²) in [6.07, 6.45) is 8.77. The molecule has 0 amide bonds. The molecule has 14 rings (SSSR count). The highest BCUT2D eigenvalue weighted by molar-refractivity contribution is 7.25. The van der Waals surface area contributed by atoms with Crippen LogP contribution in [-0.4, -0.2) is 4.57 Å². The van der Waals surface area contributed by atoms with E-state index in [1.807, 2.05) is 11.3 Å². The molecule has 0 atom stereocenters. The number of para-hydroxylation sites is 4. The van der Waals surface area contributed by atoms with E-state index in [1.165, 1.54) is 98.1 Å². The Kier molecular flexibility index (Phi) is 7.90. The van der Waals surface area contributed by atoms with Crippen LogP contribution < -0.4 is 9.80 Å². The largest absolute Gasteiger partial charge is 0.314 e. The lowest BCUT2D eigenvalue weighted by molar-refractivity contribution is 0.748. The second kappa shape index (κ2) is 14.0. The summed E-state index contributed by atoms with van der Waals surface area (Å²) < 4.78 is 5.11. The fourth-order valence-electron chi connectivity index (χ4n) is 11.6. The Labute approximate surface area is 381 Å². The molecular formula is C61H41N3S. The highest BCUT2D eigenvalue weighted by atomic mass is 32.1. The number of allylic oxidation sites excluding steroid dienone is 4. The Balaban J connectivity index is 1.01. The zero-order valence-electron chi connectivity index (χ0n) is 35.5. The number of aromatic nitrogens is 1. The molecule has 0 saturated heterocycles. The number of fused-ring (bicyclic) bond motifs is 15. The van der Waals surface area contributed by atoms with Crippen LogP contribution in [0.1, 0.15) is 35.1 Å². The van der Waals surface area contributed by atoms with Crippen molar-refractivity contribution in [1.29, 1.82) is 0 Å². The molecule has 11 aromatic rings. The second-order valence-electron chi connectivity index (χ2n) is 17.5. The summed E-state index contributed by atoms with van der Waals surface area (Å²) in [6, 6.07) is 77.2. The molecule has 3 nitrogen and oxygen atoms in total. The Bertz CT molecular complexity index is 3750. The van der Waals surface area contributed by atoms with Crippen molar-refractivity contribution < 1.29 is 0 Å². The number of rotatable bonds is 6. The van der Waals surface area contributed by atoms with E-state index in [1.54, 1.807) is 0 Å². The molecule has 65 heavy (non-hydrogen) atoms. The second-order valence-corrected chi connectivity index (χ2v) is 18.6. The Hall–Kier alpha value is -7.92. The van der Waals surface area contributed by atoms with Gasteiger partial charge in [-0.1, -0.05) is 133 Å². The predicted octanol–water partition coefficient (Wildman–Crippen LogP) is 16.7. The first-order chi connectivity index (χ1) is 32.3. The Morgan fingerprint density at radius 3 is 1.69 bits per heavy atom. The van der Waals surface area contributed by atoms with Gasteiger partial charge in [-0.15, -0.1) is 11.3 Å². The van der Waals surface area contributed by atoms with Crippen LogP contribution in [0, 0.1) is 0 Å². The maximum atomic E-state index is 2.54. The standard InChI is InChI=1S/C61H41N3S/c1-4-17-40(18-5-1)62(41-19-6-2-7-20-41)43-32-35-58-50(37-43)51-38-44(33-36-59(51)65-58)63(42-21-8-3-9-22-42)45-31-34-57-55(39-45)61(52-27-13-10-23-46(52)47-24-11-14-28-53(47)61)54-29-16-26-49-48-25-12-15-30-56(48)64(57)60(49)54/h1-6,8-19,21-39H,7,20H2. The van der Waals surface area contributed by atoms with Crippen molar-refractivity contribution in [2.75, 3.05) is 9.80 Å². The monoisotopic (exact) mass is 847 g/mol. The number of anilines is 5. The van der Waals surface area contributed by atoms with Gasteiger partial charge in [0.05, 0.1) is 22.1 Å². The van der Waals surface area contributed by atoms with Crippen molar-refractivity contribution in [2.24, 2.45) is 0 Å². The third-order valence-electron chi connectivity index (χ3n) is 14.2. The lowest BCUT2D eigenvalue weighted by Gasteiger charge is -2.40. The van der Waals surface area contributed by atoms with Crippen LogP contribution in [0.25, 0.3) is 58.8 Å². The highest BCUT2D eigenvalue weighted by Crippen LogP contribution is 2.61. The molecule has 1 aliphatic heterocycles. The zero-order valence-corrected chi connectivity index (χ0v) is 36.3. The molecule has 9 aromatic carbocycles. The van der Waals surface area contributed by atoms with Crippen LogP contribution in [0.4, 0.5) is 28.4 Å². The van der Waals surface area contributed by atoms with Gasteiger partial charge in [-0.2, -0.15) is 0 Å². The van der Waals surface area contributed by atoms with Gasteiger partial charge >= 0.3 is 0 Å².